The third kappa shape index (κ3) is 3.76. The van der Waals surface area contributed by atoms with E-state index >= 15 is 0 Å². The van der Waals surface area contributed by atoms with Gasteiger partial charge in [0, 0.05) is 27.5 Å². The number of nitrogens with zero attached hydrogens (tertiary/aromatic N) is 3. The number of amides is 3. The fraction of sp³-hybridized carbons (Fsp3) is 0.355. The van der Waals surface area contributed by atoms with Gasteiger partial charge in [-0.2, -0.15) is 10.1 Å². The molecular weight excluding hydrogens is 508 g/mol. The van der Waals surface area contributed by atoms with Crippen molar-refractivity contribution in [3.05, 3.63) is 81.5 Å². The second-order valence-corrected chi connectivity index (χ2v) is 12.2. The lowest BCUT2D eigenvalue weighted by Crippen LogP contribution is -2.28. The number of imide groups is 1. The van der Waals surface area contributed by atoms with E-state index < -0.39 is 0 Å². The van der Waals surface area contributed by atoms with Crippen molar-refractivity contribution in [2.45, 2.75) is 46.0 Å². The highest BCUT2D eigenvalue weighted by Gasteiger charge is 2.59. The maximum absolute atomic E-state index is 13.7. The van der Waals surface area contributed by atoms with E-state index in [0.717, 1.165) is 75.9 Å². The molecule has 2 bridgehead atoms. The maximum atomic E-state index is 13.7. The Morgan fingerprint density at radius 2 is 1.72 bits per heavy atom. The summed E-state index contributed by atoms with van der Waals surface area (Å²) in [7, 11) is 0. The van der Waals surface area contributed by atoms with Gasteiger partial charge in [0.25, 0.3) is 17.7 Å². The summed E-state index contributed by atoms with van der Waals surface area (Å²) in [6, 6.07) is 11.6. The number of hydrazone groups is 1. The molecule has 1 aromatic carbocycles. The third-order valence-corrected chi connectivity index (χ3v) is 10.1. The quantitative estimate of drug-likeness (QED) is 0.267. The first kappa shape index (κ1) is 24.3. The first-order valence-corrected chi connectivity index (χ1v) is 14.5. The zero-order chi connectivity index (χ0) is 26.8. The average molecular weight is 539 g/mol. The van der Waals surface area contributed by atoms with Gasteiger partial charge in [-0.1, -0.05) is 30.4 Å². The maximum Gasteiger partial charge on any atom is 0.258 e. The summed E-state index contributed by atoms with van der Waals surface area (Å²) in [5, 5.41) is 9.52. The highest BCUT2D eigenvalue weighted by atomic mass is 32.1. The van der Waals surface area contributed by atoms with Crippen LogP contribution in [0.15, 0.2) is 53.7 Å². The Balaban J connectivity index is 1.23. The Kier molecular flexibility index (Phi) is 5.70. The van der Waals surface area contributed by atoms with Gasteiger partial charge in [0.1, 0.15) is 5.00 Å². The van der Waals surface area contributed by atoms with Crippen LogP contribution in [-0.4, -0.2) is 33.5 Å². The molecule has 7 rings (SSSR count). The molecule has 4 aliphatic rings. The molecule has 1 aliphatic heterocycles. The number of hydrogen-bond acceptors (Lipinski definition) is 5. The van der Waals surface area contributed by atoms with Crippen molar-refractivity contribution in [2.75, 3.05) is 5.32 Å². The number of para-hydroxylation sites is 1. The highest BCUT2D eigenvalue weighted by molar-refractivity contribution is 7.15. The van der Waals surface area contributed by atoms with Crippen molar-refractivity contribution in [3.63, 3.8) is 0 Å². The minimum absolute atomic E-state index is 0.0960. The van der Waals surface area contributed by atoms with Crippen LogP contribution in [0.5, 0.6) is 0 Å². The zero-order valence-electron chi connectivity index (χ0n) is 22.0. The van der Waals surface area contributed by atoms with E-state index in [1.54, 1.807) is 17.6 Å². The molecule has 1 saturated carbocycles. The second-order valence-electron chi connectivity index (χ2n) is 11.1. The lowest BCUT2D eigenvalue weighted by molar-refractivity contribution is -0.140. The van der Waals surface area contributed by atoms with E-state index in [1.165, 1.54) is 4.88 Å². The fourth-order valence-electron chi connectivity index (χ4n) is 7.01. The smallest absolute Gasteiger partial charge is 0.258 e. The fourth-order valence-corrected chi connectivity index (χ4v) is 8.51. The molecule has 1 N–H and O–H groups in total. The number of rotatable bonds is 5. The Morgan fingerprint density at radius 3 is 2.44 bits per heavy atom. The van der Waals surface area contributed by atoms with Crippen LogP contribution in [0.25, 0.3) is 5.00 Å². The first-order chi connectivity index (χ1) is 18.9. The number of anilines is 1. The van der Waals surface area contributed by atoms with Gasteiger partial charge < -0.3 is 9.88 Å². The van der Waals surface area contributed by atoms with Crippen LogP contribution < -0.4 is 5.32 Å². The highest BCUT2D eigenvalue weighted by Crippen LogP contribution is 2.52. The Labute approximate surface area is 231 Å². The zero-order valence-corrected chi connectivity index (χ0v) is 22.8. The Hall–Kier alpha value is -3.78. The largest absolute Gasteiger partial charge is 0.322 e. The van der Waals surface area contributed by atoms with Crippen molar-refractivity contribution < 1.29 is 14.4 Å². The number of carbonyl (C=O) groups excluding carboxylic acids is 3. The summed E-state index contributed by atoms with van der Waals surface area (Å²) in [6.07, 6.45) is 10.8. The van der Waals surface area contributed by atoms with Gasteiger partial charge in [0.2, 0.25) is 0 Å². The molecule has 3 amide bonds. The number of hydrogen-bond donors (Lipinski definition) is 1. The molecule has 3 aromatic rings. The number of benzene rings is 1. The number of allylic oxidation sites excluding steroid dienone is 2. The average Bonchev–Trinajstić information content (AvgIpc) is 3.73. The third-order valence-electron chi connectivity index (χ3n) is 8.84. The standard InChI is InChI=1S/C31H30N4O3S/c1-17-14-21(16-32-35-29(37)25-19-12-13-20(15-19)26(25)30(35)38)18(2)34(17)31-27(23-10-6-7-11-24(23)39-31)28(36)33-22-8-4-3-5-9-22/h3-5,8-9,12-14,16,19-20,25-26H,6-7,10-11,15H2,1-2H3,(H,33,36)/t19-,20-,25-,26+/m0/s1. The van der Waals surface area contributed by atoms with E-state index in [4.69, 9.17) is 0 Å². The van der Waals surface area contributed by atoms with Crippen LogP contribution in [0.2, 0.25) is 0 Å². The van der Waals surface area contributed by atoms with Crippen LogP contribution in [-0.2, 0) is 22.4 Å². The van der Waals surface area contributed by atoms with Crippen molar-refractivity contribution >= 4 is 41.0 Å². The van der Waals surface area contributed by atoms with Crippen molar-refractivity contribution in [1.29, 1.82) is 0 Å². The molecule has 8 heteroatoms. The molecule has 0 unspecified atom stereocenters. The van der Waals surface area contributed by atoms with Gasteiger partial charge >= 0.3 is 0 Å². The molecule has 39 heavy (non-hydrogen) atoms. The molecule has 7 nitrogen and oxygen atoms in total. The molecular formula is C31H30N4O3S. The van der Waals surface area contributed by atoms with Crippen molar-refractivity contribution in [1.82, 2.24) is 9.58 Å². The summed E-state index contributed by atoms with van der Waals surface area (Å²) in [4.78, 5) is 41.1. The molecule has 2 fully saturated rings. The van der Waals surface area contributed by atoms with E-state index in [2.05, 4.69) is 27.1 Å². The lowest BCUT2D eigenvalue weighted by Gasteiger charge is -2.14. The van der Waals surface area contributed by atoms with E-state index in [-0.39, 0.29) is 41.4 Å². The number of carbonyl (C=O) groups is 3. The molecule has 1 saturated heterocycles. The molecule has 2 aromatic heterocycles. The van der Waals surface area contributed by atoms with Crippen molar-refractivity contribution in [3.8, 4) is 5.00 Å². The molecule has 3 heterocycles. The molecule has 3 aliphatic carbocycles. The monoisotopic (exact) mass is 538 g/mol. The predicted octanol–water partition coefficient (Wildman–Crippen LogP) is 5.43. The summed E-state index contributed by atoms with van der Waals surface area (Å²) < 4.78 is 2.12. The van der Waals surface area contributed by atoms with E-state index in [9.17, 15) is 14.4 Å². The molecule has 198 valence electrons. The van der Waals surface area contributed by atoms with E-state index in [0.29, 0.717) is 0 Å². The van der Waals surface area contributed by atoms with Crippen LogP contribution in [0.1, 0.15) is 57.0 Å². The van der Waals surface area contributed by atoms with Gasteiger partial charge in [-0.05, 0) is 81.5 Å². The Morgan fingerprint density at radius 1 is 1.03 bits per heavy atom. The predicted molar refractivity (Wildman–Crippen MR) is 151 cm³/mol. The van der Waals surface area contributed by atoms with Gasteiger partial charge in [0.15, 0.2) is 0 Å². The minimum atomic E-state index is -0.264. The number of fused-ring (bicyclic) bond motifs is 6. The van der Waals surface area contributed by atoms with Crippen LogP contribution in [0, 0.1) is 37.5 Å². The molecule has 0 radical (unpaired) electrons. The Bertz CT molecular complexity index is 1550. The van der Waals surface area contributed by atoms with Gasteiger partial charge in [-0.15, -0.1) is 11.3 Å². The number of aryl methyl sites for hydroxylation is 2. The van der Waals surface area contributed by atoms with Crippen molar-refractivity contribution in [2.24, 2.45) is 28.8 Å². The van der Waals surface area contributed by atoms with Crippen LogP contribution in [0.3, 0.4) is 0 Å². The van der Waals surface area contributed by atoms with Gasteiger partial charge in [-0.25, -0.2) is 0 Å². The van der Waals surface area contributed by atoms with Gasteiger partial charge in [-0.3, -0.25) is 14.4 Å². The summed E-state index contributed by atoms with van der Waals surface area (Å²) in [6.45, 7) is 4.01. The number of nitrogens with one attached hydrogen (secondary N) is 1. The topological polar surface area (TPSA) is 83.8 Å². The lowest BCUT2D eigenvalue weighted by atomic mass is 9.85. The van der Waals surface area contributed by atoms with Gasteiger partial charge in [0.05, 0.1) is 23.6 Å². The summed E-state index contributed by atoms with van der Waals surface area (Å²) >= 11 is 1.69. The van der Waals surface area contributed by atoms with Crippen LogP contribution in [0.4, 0.5) is 5.69 Å². The molecule has 0 spiro atoms. The second kappa shape index (κ2) is 9.16. The molecule has 4 atom stereocenters. The summed E-state index contributed by atoms with van der Waals surface area (Å²) in [5.74, 6) is -0.670. The van der Waals surface area contributed by atoms with E-state index in [1.807, 2.05) is 50.2 Å². The SMILES string of the molecule is Cc1cc(C=NN2C(=O)[C@@H]3[C@H](C2=O)[C@H]2C=C[C@H]3C2)c(C)n1-c1sc2c(c1C(=O)Nc1ccccc1)CCCC2. The van der Waals surface area contributed by atoms with Crippen LogP contribution >= 0.6 is 11.3 Å². The summed E-state index contributed by atoms with van der Waals surface area (Å²) in [5.41, 5.74) is 5.38. The number of thiophene rings is 1. The first-order valence-electron chi connectivity index (χ1n) is 13.7. The number of aromatic nitrogens is 1. The minimum Gasteiger partial charge on any atom is -0.322 e. The normalized spacial score (nSPS) is 25.1.